The molecule has 0 saturated carbocycles. The van der Waals surface area contributed by atoms with Crippen LogP contribution < -0.4 is 5.32 Å². The maximum absolute atomic E-state index is 12.8. The first kappa shape index (κ1) is 12.9. The lowest BCUT2D eigenvalue weighted by Crippen LogP contribution is -2.20. The van der Waals surface area contributed by atoms with Crippen LogP contribution in [0.3, 0.4) is 0 Å². The van der Waals surface area contributed by atoms with Gasteiger partial charge in [-0.3, -0.25) is 0 Å². The maximum atomic E-state index is 12.8. The van der Waals surface area contributed by atoms with Crippen molar-refractivity contribution in [2.24, 2.45) is 0 Å². The minimum atomic E-state index is -4.60. The molecule has 0 heterocycles. The predicted octanol–water partition coefficient (Wildman–Crippen LogP) is 2.10. The van der Waals surface area contributed by atoms with Gasteiger partial charge in [-0.1, -0.05) is 0 Å². The fourth-order valence-corrected chi connectivity index (χ4v) is 1.37. The van der Waals surface area contributed by atoms with Crippen LogP contribution in [0.4, 0.5) is 17.6 Å². The minimum Gasteiger partial charge on any atom is -0.387 e. The number of rotatable bonds is 3. The van der Waals surface area contributed by atoms with Crippen molar-refractivity contribution in [1.82, 2.24) is 5.32 Å². The molecular weight excluding hydrogens is 226 g/mol. The Kier molecular flexibility index (Phi) is 3.88. The van der Waals surface area contributed by atoms with Gasteiger partial charge >= 0.3 is 6.18 Å². The third kappa shape index (κ3) is 2.93. The fourth-order valence-electron chi connectivity index (χ4n) is 1.37. The van der Waals surface area contributed by atoms with Gasteiger partial charge in [-0.25, -0.2) is 4.39 Å². The average Bonchev–Trinajstić information content (AvgIpc) is 2.16. The molecule has 1 atom stereocenters. The Morgan fingerprint density at radius 1 is 1.38 bits per heavy atom. The summed E-state index contributed by atoms with van der Waals surface area (Å²) in [5, 5.41) is 12.0. The zero-order chi connectivity index (χ0) is 12.3. The highest BCUT2D eigenvalue weighted by Gasteiger charge is 2.34. The summed E-state index contributed by atoms with van der Waals surface area (Å²) < 4.78 is 50.4. The number of hydrogen-bond donors (Lipinski definition) is 2. The zero-order valence-electron chi connectivity index (χ0n) is 8.48. The van der Waals surface area contributed by atoms with Crippen molar-refractivity contribution in [3.63, 3.8) is 0 Å². The number of hydrogen-bond acceptors (Lipinski definition) is 2. The highest BCUT2D eigenvalue weighted by molar-refractivity contribution is 5.32. The van der Waals surface area contributed by atoms with Gasteiger partial charge in [0.2, 0.25) is 0 Å². The number of aliphatic hydroxyl groups excluding tert-OH is 1. The average molecular weight is 237 g/mol. The van der Waals surface area contributed by atoms with E-state index in [4.69, 9.17) is 0 Å². The van der Waals surface area contributed by atoms with Crippen molar-refractivity contribution in [2.45, 2.75) is 12.3 Å². The normalized spacial score (nSPS) is 13.9. The first-order valence-corrected chi connectivity index (χ1v) is 4.55. The van der Waals surface area contributed by atoms with Crippen LogP contribution in [0.2, 0.25) is 0 Å². The van der Waals surface area contributed by atoms with Gasteiger partial charge in [0.05, 0.1) is 11.7 Å². The van der Waals surface area contributed by atoms with Gasteiger partial charge in [-0.05, 0) is 30.8 Å². The molecule has 1 rings (SSSR count). The number of alkyl halides is 3. The van der Waals surface area contributed by atoms with Gasteiger partial charge in [0, 0.05) is 6.54 Å². The molecule has 2 nitrogen and oxygen atoms in total. The van der Waals surface area contributed by atoms with E-state index in [1.807, 2.05) is 0 Å². The van der Waals surface area contributed by atoms with Crippen LogP contribution in [-0.4, -0.2) is 18.7 Å². The lowest BCUT2D eigenvalue weighted by Gasteiger charge is -2.17. The van der Waals surface area contributed by atoms with Crippen LogP contribution in [0.15, 0.2) is 18.2 Å². The van der Waals surface area contributed by atoms with Crippen LogP contribution >= 0.6 is 0 Å². The number of benzene rings is 1. The molecule has 0 saturated heterocycles. The smallest absolute Gasteiger partial charge is 0.387 e. The molecule has 2 N–H and O–H groups in total. The van der Waals surface area contributed by atoms with E-state index in [1.165, 1.54) is 7.05 Å². The van der Waals surface area contributed by atoms with E-state index >= 15 is 0 Å². The van der Waals surface area contributed by atoms with Crippen LogP contribution in [0.5, 0.6) is 0 Å². The number of likely N-dealkylation sites (N-methyl/N-ethyl adjacent to an activating group) is 1. The van der Waals surface area contributed by atoms with Crippen molar-refractivity contribution in [3.8, 4) is 0 Å². The second kappa shape index (κ2) is 4.80. The molecule has 0 aliphatic carbocycles. The fraction of sp³-hybridized carbons (Fsp3) is 0.400. The van der Waals surface area contributed by atoms with Gasteiger partial charge in [-0.15, -0.1) is 0 Å². The maximum Gasteiger partial charge on any atom is 0.416 e. The van der Waals surface area contributed by atoms with Crippen molar-refractivity contribution in [2.75, 3.05) is 13.6 Å². The minimum absolute atomic E-state index is 0.0769. The van der Waals surface area contributed by atoms with E-state index < -0.39 is 29.2 Å². The largest absolute Gasteiger partial charge is 0.416 e. The standard InChI is InChI=1S/C10H11F4NO/c1-15-5-9(16)7-4-6(11)2-3-8(7)10(12,13)14/h2-4,9,15-16H,5H2,1H3. The lowest BCUT2D eigenvalue weighted by atomic mass is 10.0. The summed E-state index contributed by atoms with van der Waals surface area (Å²) in [7, 11) is 1.48. The Morgan fingerprint density at radius 2 is 2.00 bits per heavy atom. The molecule has 0 spiro atoms. The Labute approximate surface area is 89.9 Å². The topological polar surface area (TPSA) is 32.3 Å². The number of halogens is 4. The van der Waals surface area contributed by atoms with Crippen LogP contribution in [0, 0.1) is 5.82 Å². The summed E-state index contributed by atoms with van der Waals surface area (Å²) in [5.74, 6) is -0.807. The molecule has 6 heteroatoms. The molecule has 1 aromatic carbocycles. The van der Waals surface area contributed by atoms with Gasteiger partial charge in [0.1, 0.15) is 5.82 Å². The van der Waals surface area contributed by atoms with Gasteiger partial charge < -0.3 is 10.4 Å². The molecule has 90 valence electrons. The summed E-state index contributed by atoms with van der Waals surface area (Å²) in [6, 6.07) is 2.05. The monoisotopic (exact) mass is 237 g/mol. The molecule has 0 bridgehead atoms. The molecule has 16 heavy (non-hydrogen) atoms. The van der Waals surface area contributed by atoms with Crippen LogP contribution in [-0.2, 0) is 6.18 Å². The first-order chi connectivity index (χ1) is 7.36. The second-order valence-corrected chi connectivity index (χ2v) is 3.30. The van der Waals surface area contributed by atoms with Crippen LogP contribution in [0.1, 0.15) is 17.2 Å². The molecule has 0 fully saturated rings. The molecule has 0 aromatic heterocycles. The molecule has 1 aromatic rings. The van der Waals surface area contributed by atoms with Gasteiger partial charge in [0.25, 0.3) is 0 Å². The Bertz CT molecular complexity index is 364. The molecule has 0 amide bonds. The molecule has 0 aliphatic heterocycles. The highest BCUT2D eigenvalue weighted by Crippen LogP contribution is 2.34. The number of aliphatic hydroxyl groups is 1. The summed E-state index contributed by atoms with van der Waals surface area (Å²) in [6.45, 7) is -0.0769. The first-order valence-electron chi connectivity index (χ1n) is 4.55. The summed E-state index contributed by atoms with van der Waals surface area (Å²) in [6.07, 6.45) is -5.99. The zero-order valence-corrected chi connectivity index (χ0v) is 8.48. The van der Waals surface area contributed by atoms with E-state index in [1.54, 1.807) is 0 Å². The molecule has 0 radical (unpaired) electrons. The Morgan fingerprint density at radius 3 is 2.50 bits per heavy atom. The predicted molar refractivity (Wildman–Crippen MR) is 50.3 cm³/mol. The van der Waals surface area contributed by atoms with E-state index in [0.29, 0.717) is 12.1 Å². The third-order valence-corrected chi connectivity index (χ3v) is 2.08. The third-order valence-electron chi connectivity index (χ3n) is 2.08. The summed E-state index contributed by atoms with van der Waals surface area (Å²) in [4.78, 5) is 0. The van der Waals surface area contributed by atoms with Crippen molar-refractivity contribution >= 4 is 0 Å². The van der Waals surface area contributed by atoms with Crippen molar-refractivity contribution < 1.29 is 22.7 Å². The Hall–Kier alpha value is -1.14. The van der Waals surface area contributed by atoms with E-state index in [0.717, 1.165) is 6.07 Å². The SMILES string of the molecule is CNCC(O)c1cc(F)ccc1C(F)(F)F. The highest BCUT2D eigenvalue weighted by atomic mass is 19.4. The molecule has 0 aliphatic rings. The van der Waals surface area contributed by atoms with Gasteiger partial charge in [-0.2, -0.15) is 13.2 Å². The number of nitrogens with one attached hydrogen (secondary N) is 1. The van der Waals surface area contributed by atoms with E-state index in [2.05, 4.69) is 5.32 Å². The van der Waals surface area contributed by atoms with Crippen molar-refractivity contribution in [3.05, 3.63) is 35.1 Å². The Balaban J connectivity index is 3.18. The van der Waals surface area contributed by atoms with E-state index in [-0.39, 0.29) is 6.54 Å². The summed E-state index contributed by atoms with van der Waals surface area (Å²) >= 11 is 0. The molecule has 1 unspecified atom stereocenters. The van der Waals surface area contributed by atoms with E-state index in [9.17, 15) is 22.7 Å². The second-order valence-electron chi connectivity index (χ2n) is 3.30. The lowest BCUT2D eigenvalue weighted by molar-refractivity contribution is -0.139. The van der Waals surface area contributed by atoms with Gasteiger partial charge in [0.15, 0.2) is 0 Å². The van der Waals surface area contributed by atoms with Crippen LogP contribution in [0.25, 0.3) is 0 Å². The summed E-state index contributed by atoms with van der Waals surface area (Å²) in [5.41, 5.74) is -1.47. The quantitative estimate of drug-likeness (QED) is 0.789. The van der Waals surface area contributed by atoms with Crippen molar-refractivity contribution in [1.29, 1.82) is 0 Å². The molecular formula is C10H11F4NO.